The number of likely N-dealkylation sites (tertiary alicyclic amines) is 1. The van der Waals surface area contributed by atoms with E-state index in [0.717, 1.165) is 47.2 Å². The second-order valence-electron chi connectivity index (χ2n) is 9.92. The van der Waals surface area contributed by atoms with E-state index in [4.69, 9.17) is 4.74 Å². The van der Waals surface area contributed by atoms with Crippen LogP contribution in [0.3, 0.4) is 0 Å². The lowest BCUT2D eigenvalue weighted by Gasteiger charge is -2.29. The Hall–Kier alpha value is -4.07. The van der Waals surface area contributed by atoms with E-state index in [9.17, 15) is 9.59 Å². The standard InChI is InChI=1S/C29H29N5O3/c1-2-37-25(35)16-24-26-20-6-5-7-21(15-14-20)27(26)29(36)34(24)17-18-10-12-19(13-11-18)22-8-3-4-9-23(22)28-30-32-33-31-28/h3-4,8-16,20-21,26-27H,2,5-7,17H2,1H3,(H,30,31,32,33)/b24-16+/t20-,21+,26+,27+/m1/s1. The number of esters is 1. The maximum Gasteiger partial charge on any atom is 0.332 e. The highest BCUT2D eigenvalue weighted by Crippen LogP contribution is 2.52. The summed E-state index contributed by atoms with van der Waals surface area (Å²) >= 11 is 0. The number of nitrogens with zero attached hydrogens (tertiary/aromatic N) is 4. The lowest BCUT2D eigenvalue weighted by molar-refractivity contribution is -0.137. The van der Waals surface area contributed by atoms with E-state index in [-0.39, 0.29) is 35.5 Å². The number of nitrogens with one attached hydrogen (secondary N) is 1. The zero-order valence-electron chi connectivity index (χ0n) is 20.7. The summed E-state index contributed by atoms with van der Waals surface area (Å²) in [7, 11) is 0. The summed E-state index contributed by atoms with van der Waals surface area (Å²) in [6.07, 6.45) is 9.25. The van der Waals surface area contributed by atoms with Crippen molar-refractivity contribution in [3.8, 4) is 22.5 Å². The number of hydrogen-bond acceptors (Lipinski definition) is 6. The largest absolute Gasteiger partial charge is 0.463 e. The van der Waals surface area contributed by atoms with Crippen molar-refractivity contribution >= 4 is 11.9 Å². The highest BCUT2D eigenvalue weighted by atomic mass is 16.5. The average molecular weight is 496 g/mol. The molecule has 1 saturated carbocycles. The van der Waals surface area contributed by atoms with Crippen LogP contribution in [0.25, 0.3) is 22.5 Å². The van der Waals surface area contributed by atoms with Gasteiger partial charge in [0, 0.05) is 23.3 Å². The fraction of sp³-hybridized carbons (Fsp3) is 0.345. The average Bonchev–Trinajstić information content (AvgIpc) is 3.41. The Bertz CT molecular complexity index is 1360. The van der Waals surface area contributed by atoms with E-state index >= 15 is 0 Å². The van der Waals surface area contributed by atoms with Crippen LogP contribution in [0.1, 0.15) is 31.7 Å². The molecule has 7 rings (SSSR count). The molecule has 4 atom stereocenters. The van der Waals surface area contributed by atoms with Crippen molar-refractivity contribution in [3.63, 3.8) is 0 Å². The Morgan fingerprint density at radius 3 is 2.49 bits per heavy atom. The number of rotatable bonds is 6. The Labute approximate surface area is 215 Å². The minimum Gasteiger partial charge on any atom is -0.463 e. The number of fused-ring (bicyclic) bond motifs is 2. The molecule has 2 aromatic carbocycles. The molecule has 0 unspecified atom stereocenters. The minimum absolute atomic E-state index is 0.0375. The van der Waals surface area contributed by atoms with Crippen LogP contribution in [0.2, 0.25) is 0 Å². The highest BCUT2D eigenvalue weighted by Gasteiger charge is 2.52. The third-order valence-corrected chi connectivity index (χ3v) is 7.87. The van der Waals surface area contributed by atoms with Gasteiger partial charge in [-0.15, -0.1) is 10.2 Å². The van der Waals surface area contributed by atoms with Crippen LogP contribution in [0, 0.1) is 23.7 Å². The first-order valence-corrected chi connectivity index (χ1v) is 12.9. The number of amides is 1. The van der Waals surface area contributed by atoms with E-state index in [1.807, 2.05) is 53.4 Å². The fourth-order valence-corrected chi connectivity index (χ4v) is 6.25. The quantitative estimate of drug-likeness (QED) is 0.306. The number of allylic oxidation sites excluding steroid dienone is 3. The van der Waals surface area contributed by atoms with Crippen LogP contribution in [-0.4, -0.2) is 44.0 Å². The lowest BCUT2D eigenvalue weighted by atomic mass is 9.72. The van der Waals surface area contributed by atoms with Gasteiger partial charge in [-0.25, -0.2) is 4.79 Å². The molecule has 2 bridgehead atoms. The first-order chi connectivity index (χ1) is 18.1. The van der Waals surface area contributed by atoms with E-state index in [1.165, 1.54) is 0 Å². The predicted molar refractivity (Wildman–Crippen MR) is 137 cm³/mol. The molecule has 8 heteroatoms. The maximum absolute atomic E-state index is 13.8. The molecule has 1 aliphatic heterocycles. The molecular weight excluding hydrogens is 466 g/mol. The molecule has 2 heterocycles. The number of H-pyrrole nitrogens is 1. The molecule has 1 aromatic heterocycles. The molecule has 1 N–H and O–H groups in total. The Morgan fingerprint density at radius 2 is 1.78 bits per heavy atom. The van der Waals surface area contributed by atoms with Crippen LogP contribution in [-0.2, 0) is 20.9 Å². The molecule has 2 fully saturated rings. The van der Waals surface area contributed by atoms with Gasteiger partial charge in [0.2, 0.25) is 11.7 Å². The van der Waals surface area contributed by atoms with Gasteiger partial charge in [0.1, 0.15) is 0 Å². The Morgan fingerprint density at radius 1 is 1.05 bits per heavy atom. The second kappa shape index (κ2) is 9.76. The SMILES string of the molecule is CCOC(=O)/C=C1\[C@H]2[C@@H](C(=O)N1Cc1ccc(-c3ccccc3-c3nn[nH]n3)cc1)[C@@H]1C=C[C@H]2CCC1. The van der Waals surface area contributed by atoms with Gasteiger partial charge >= 0.3 is 5.97 Å². The molecule has 1 amide bonds. The summed E-state index contributed by atoms with van der Waals surface area (Å²) in [5.41, 5.74) is 4.72. The number of carbonyl (C=O) groups is 2. The lowest BCUT2D eigenvalue weighted by Crippen LogP contribution is -2.31. The third kappa shape index (κ3) is 4.26. The van der Waals surface area contributed by atoms with Crippen LogP contribution < -0.4 is 0 Å². The van der Waals surface area contributed by atoms with Crippen LogP contribution >= 0.6 is 0 Å². The van der Waals surface area contributed by atoms with Gasteiger partial charge < -0.3 is 9.64 Å². The van der Waals surface area contributed by atoms with Gasteiger partial charge in [0.25, 0.3) is 0 Å². The number of ether oxygens (including phenoxy) is 1. The molecule has 188 valence electrons. The summed E-state index contributed by atoms with van der Waals surface area (Å²) in [5.74, 6) is 0.729. The molecule has 4 aliphatic rings. The van der Waals surface area contributed by atoms with Crippen molar-refractivity contribution in [2.75, 3.05) is 6.61 Å². The van der Waals surface area contributed by atoms with Crippen molar-refractivity contribution in [2.45, 2.75) is 32.7 Å². The fourth-order valence-electron chi connectivity index (χ4n) is 6.25. The summed E-state index contributed by atoms with van der Waals surface area (Å²) in [6, 6.07) is 16.1. The molecular formula is C29H29N5O3. The third-order valence-electron chi connectivity index (χ3n) is 7.87. The van der Waals surface area contributed by atoms with E-state index in [0.29, 0.717) is 19.0 Å². The zero-order chi connectivity index (χ0) is 25.4. The topological polar surface area (TPSA) is 101 Å². The number of aromatic amines is 1. The zero-order valence-corrected chi connectivity index (χ0v) is 20.7. The van der Waals surface area contributed by atoms with Crippen LogP contribution in [0.5, 0.6) is 0 Å². The Balaban J connectivity index is 1.30. The first-order valence-electron chi connectivity index (χ1n) is 12.9. The number of carbonyl (C=O) groups excluding carboxylic acids is 2. The molecule has 3 aromatic rings. The van der Waals surface area contributed by atoms with Crippen molar-refractivity contribution in [1.82, 2.24) is 25.5 Å². The van der Waals surface area contributed by atoms with Gasteiger partial charge in [-0.1, -0.05) is 67.1 Å². The number of hydrogen-bond donors (Lipinski definition) is 1. The van der Waals surface area contributed by atoms with Crippen molar-refractivity contribution in [1.29, 1.82) is 0 Å². The number of tetrazole rings is 1. The van der Waals surface area contributed by atoms with E-state index in [2.05, 4.69) is 32.8 Å². The van der Waals surface area contributed by atoms with Gasteiger partial charge in [0.15, 0.2) is 0 Å². The summed E-state index contributed by atoms with van der Waals surface area (Å²) in [6.45, 7) is 2.53. The Kier molecular flexibility index (Phi) is 6.16. The summed E-state index contributed by atoms with van der Waals surface area (Å²) in [4.78, 5) is 28.1. The highest BCUT2D eigenvalue weighted by molar-refractivity contribution is 5.90. The maximum atomic E-state index is 13.8. The van der Waals surface area contributed by atoms with E-state index in [1.54, 1.807) is 13.0 Å². The van der Waals surface area contributed by atoms with Gasteiger partial charge in [-0.05, 0) is 53.5 Å². The molecule has 1 saturated heterocycles. The number of benzene rings is 2. The van der Waals surface area contributed by atoms with E-state index < -0.39 is 0 Å². The first kappa shape index (κ1) is 23.3. The predicted octanol–water partition coefficient (Wildman–Crippen LogP) is 4.54. The molecule has 3 aliphatic carbocycles. The second-order valence-corrected chi connectivity index (χ2v) is 9.92. The van der Waals surface area contributed by atoms with Crippen molar-refractivity contribution in [3.05, 3.63) is 78.0 Å². The summed E-state index contributed by atoms with van der Waals surface area (Å²) in [5, 5.41) is 14.5. The normalized spacial score (nSPS) is 25.4. The molecule has 0 spiro atoms. The monoisotopic (exact) mass is 495 g/mol. The minimum atomic E-state index is -0.381. The molecule has 0 radical (unpaired) electrons. The van der Waals surface area contributed by atoms with Crippen molar-refractivity contribution in [2.24, 2.45) is 23.7 Å². The molecule has 8 nitrogen and oxygen atoms in total. The van der Waals surface area contributed by atoms with Crippen LogP contribution in [0.15, 0.2) is 72.5 Å². The smallest absolute Gasteiger partial charge is 0.332 e. The number of aromatic nitrogens is 4. The molecule has 37 heavy (non-hydrogen) atoms. The van der Waals surface area contributed by atoms with Crippen molar-refractivity contribution < 1.29 is 14.3 Å². The van der Waals surface area contributed by atoms with Crippen LogP contribution in [0.4, 0.5) is 0 Å². The van der Waals surface area contributed by atoms with Gasteiger partial charge in [-0.2, -0.15) is 5.21 Å². The summed E-state index contributed by atoms with van der Waals surface area (Å²) < 4.78 is 5.25. The van der Waals surface area contributed by atoms with Gasteiger partial charge in [-0.3, -0.25) is 4.79 Å². The van der Waals surface area contributed by atoms with Gasteiger partial charge in [0.05, 0.1) is 19.1 Å².